The number of primary amides is 1. The average molecular weight is 353 g/mol. The van der Waals surface area contributed by atoms with Gasteiger partial charge in [-0.3, -0.25) is 4.79 Å². The first-order valence-electron chi connectivity index (χ1n) is 5.31. The molecule has 8 heteroatoms. The Morgan fingerprint density at radius 2 is 2.05 bits per heavy atom. The Hall–Kier alpha value is -0.990. The molecule has 0 fully saturated rings. The fourth-order valence-corrected chi connectivity index (χ4v) is 2.74. The van der Waals surface area contributed by atoms with Gasteiger partial charge in [0.15, 0.2) is 0 Å². The van der Waals surface area contributed by atoms with E-state index in [1.807, 2.05) is 0 Å². The van der Waals surface area contributed by atoms with E-state index in [0.29, 0.717) is 4.47 Å². The Bertz CT molecular complexity index is 602. The molecular weight excluding hydrogens is 339 g/mol. The Morgan fingerprint density at radius 1 is 1.47 bits per heavy atom. The molecule has 106 valence electrons. The lowest BCUT2D eigenvalue weighted by molar-refractivity contribution is -0.125. The highest BCUT2D eigenvalue weighted by Gasteiger charge is 2.28. The summed E-state index contributed by atoms with van der Waals surface area (Å²) in [4.78, 5) is 10.6. The molecule has 5 nitrogen and oxygen atoms in total. The molecule has 0 atom stereocenters. The third-order valence-electron chi connectivity index (χ3n) is 2.55. The van der Waals surface area contributed by atoms with Gasteiger partial charge in [0.2, 0.25) is 15.9 Å². The number of carbonyl (C=O) groups excluding carboxylic acids is 1. The summed E-state index contributed by atoms with van der Waals surface area (Å²) in [7, 11) is -4.03. The van der Waals surface area contributed by atoms with Crippen LogP contribution in [0.2, 0.25) is 0 Å². The average Bonchev–Trinajstić information content (AvgIpc) is 2.26. The van der Waals surface area contributed by atoms with E-state index in [0.717, 1.165) is 12.1 Å². The van der Waals surface area contributed by atoms with Crippen LogP contribution >= 0.6 is 15.9 Å². The lowest BCUT2D eigenvalue weighted by Crippen LogP contribution is -2.42. The summed E-state index contributed by atoms with van der Waals surface area (Å²) in [6, 6.07) is 3.60. The number of hydrogen-bond acceptors (Lipinski definition) is 3. The third kappa shape index (κ3) is 3.99. The fourth-order valence-electron chi connectivity index (χ4n) is 1.13. The molecule has 0 aromatic heterocycles. The molecule has 1 aromatic rings. The highest BCUT2D eigenvalue weighted by atomic mass is 79.9. The van der Waals surface area contributed by atoms with Gasteiger partial charge in [0.05, 0.1) is 5.41 Å². The van der Waals surface area contributed by atoms with Crippen LogP contribution in [-0.4, -0.2) is 20.9 Å². The number of carbonyl (C=O) groups is 1. The third-order valence-corrected chi connectivity index (χ3v) is 4.48. The molecule has 0 saturated heterocycles. The molecule has 3 N–H and O–H groups in total. The SMILES string of the molecule is CC(C)(CNS(=O)(=O)c1ccc(Br)cc1F)C(N)=O. The van der Waals surface area contributed by atoms with Crippen LogP contribution in [0.3, 0.4) is 0 Å². The van der Waals surface area contributed by atoms with Gasteiger partial charge in [0, 0.05) is 11.0 Å². The van der Waals surface area contributed by atoms with E-state index in [-0.39, 0.29) is 6.54 Å². The molecule has 0 radical (unpaired) electrons. The molecule has 1 amide bonds. The zero-order valence-electron chi connectivity index (χ0n) is 10.4. The molecule has 1 aromatic carbocycles. The smallest absolute Gasteiger partial charge is 0.243 e. The molecule has 0 spiro atoms. The van der Waals surface area contributed by atoms with Crippen molar-refractivity contribution in [3.05, 3.63) is 28.5 Å². The van der Waals surface area contributed by atoms with Crippen LogP contribution in [0.25, 0.3) is 0 Å². The molecule has 0 unspecified atom stereocenters. The van der Waals surface area contributed by atoms with Gasteiger partial charge in [-0.25, -0.2) is 17.5 Å². The van der Waals surface area contributed by atoms with Crippen LogP contribution in [0.5, 0.6) is 0 Å². The van der Waals surface area contributed by atoms with Crippen LogP contribution in [-0.2, 0) is 14.8 Å². The minimum absolute atomic E-state index is 0.208. The molecule has 0 aliphatic rings. The van der Waals surface area contributed by atoms with E-state index in [4.69, 9.17) is 5.73 Å². The molecule has 0 aliphatic carbocycles. The molecular formula is C11H14BrFN2O3S. The zero-order chi connectivity index (χ0) is 14.8. The largest absolute Gasteiger partial charge is 0.369 e. The molecule has 0 aliphatic heterocycles. The van der Waals surface area contributed by atoms with Crippen LogP contribution in [0.15, 0.2) is 27.6 Å². The van der Waals surface area contributed by atoms with Crippen molar-refractivity contribution in [1.82, 2.24) is 4.72 Å². The fraction of sp³-hybridized carbons (Fsp3) is 0.364. The predicted molar refractivity (Wildman–Crippen MR) is 72.3 cm³/mol. The van der Waals surface area contributed by atoms with E-state index in [1.165, 1.54) is 19.9 Å². The molecule has 0 saturated carbocycles. The van der Waals surface area contributed by atoms with Crippen molar-refractivity contribution >= 4 is 31.9 Å². The first-order valence-corrected chi connectivity index (χ1v) is 7.58. The summed E-state index contributed by atoms with van der Waals surface area (Å²) >= 11 is 3.04. The standard InChI is InChI=1S/C11H14BrFN2O3S/c1-11(2,10(14)16)6-15-19(17,18)9-4-3-7(12)5-8(9)13/h3-5,15H,6H2,1-2H3,(H2,14,16). The second-order valence-electron chi connectivity index (χ2n) is 4.65. The number of amides is 1. The number of halogens is 2. The van der Waals surface area contributed by atoms with Gasteiger partial charge in [0.1, 0.15) is 10.7 Å². The second-order valence-corrected chi connectivity index (χ2v) is 7.30. The normalized spacial score (nSPS) is 12.4. The van der Waals surface area contributed by atoms with Crippen molar-refractivity contribution in [3.8, 4) is 0 Å². The number of sulfonamides is 1. The molecule has 19 heavy (non-hydrogen) atoms. The van der Waals surface area contributed by atoms with Crippen LogP contribution in [0.1, 0.15) is 13.8 Å². The van der Waals surface area contributed by atoms with Crippen molar-refractivity contribution in [1.29, 1.82) is 0 Å². The van der Waals surface area contributed by atoms with Gasteiger partial charge in [-0.15, -0.1) is 0 Å². The Balaban J connectivity index is 2.97. The maximum Gasteiger partial charge on any atom is 0.243 e. The van der Waals surface area contributed by atoms with Crippen LogP contribution in [0.4, 0.5) is 4.39 Å². The van der Waals surface area contributed by atoms with Gasteiger partial charge >= 0.3 is 0 Å². The molecule has 1 rings (SSSR count). The van der Waals surface area contributed by atoms with E-state index in [1.54, 1.807) is 0 Å². The number of rotatable bonds is 5. The molecule has 0 bridgehead atoms. The number of nitrogens with one attached hydrogen (secondary N) is 1. The van der Waals surface area contributed by atoms with Gasteiger partial charge in [0.25, 0.3) is 0 Å². The monoisotopic (exact) mass is 352 g/mol. The van der Waals surface area contributed by atoms with E-state index >= 15 is 0 Å². The van der Waals surface area contributed by atoms with Gasteiger partial charge in [-0.2, -0.15) is 0 Å². The Labute approximate surface area is 119 Å². The first-order chi connectivity index (χ1) is 8.56. The van der Waals surface area contributed by atoms with Crippen molar-refractivity contribution < 1.29 is 17.6 Å². The summed E-state index contributed by atoms with van der Waals surface area (Å²) in [6.45, 7) is 2.78. The number of hydrogen-bond donors (Lipinski definition) is 2. The second kappa shape index (κ2) is 5.56. The van der Waals surface area contributed by atoms with Crippen molar-refractivity contribution in [2.24, 2.45) is 11.1 Å². The molecule has 0 heterocycles. The highest BCUT2D eigenvalue weighted by Crippen LogP contribution is 2.20. The van der Waals surface area contributed by atoms with Gasteiger partial charge < -0.3 is 5.73 Å². The summed E-state index contributed by atoms with van der Waals surface area (Å²) in [5.41, 5.74) is 4.08. The highest BCUT2D eigenvalue weighted by molar-refractivity contribution is 9.10. The summed E-state index contributed by atoms with van der Waals surface area (Å²) in [6.07, 6.45) is 0. The summed E-state index contributed by atoms with van der Waals surface area (Å²) in [5.74, 6) is -1.52. The zero-order valence-corrected chi connectivity index (χ0v) is 12.8. The maximum absolute atomic E-state index is 13.6. The first kappa shape index (κ1) is 16.1. The van der Waals surface area contributed by atoms with E-state index in [9.17, 15) is 17.6 Å². The Morgan fingerprint density at radius 3 is 2.53 bits per heavy atom. The minimum Gasteiger partial charge on any atom is -0.369 e. The quantitative estimate of drug-likeness (QED) is 0.838. The topological polar surface area (TPSA) is 89.3 Å². The summed E-state index contributed by atoms with van der Waals surface area (Å²) < 4.78 is 40.0. The van der Waals surface area contributed by atoms with Gasteiger partial charge in [-0.05, 0) is 32.0 Å². The minimum atomic E-state index is -4.03. The lowest BCUT2D eigenvalue weighted by atomic mass is 9.93. The van der Waals surface area contributed by atoms with Crippen LogP contribution in [0, 0.1) is 11.2 Å². The maximum atomic E-state index is 13.6. The summed E-state index contributed by atoms with van der Waals surface area (Å²) in [5, 5.41) is 0. The Kier molecular flexibility index (Phi) is 4.70. The number of nitrogens with two attached hydrogens (primary N) is 1. The lowest BCUT2D eigenvalue weighted by Gasteiger charge is -2.20. The van der Waals surface area contributed by atoms with Crippen LogP contribution < -0.4 is 10.5 Å². The number of benzene rings is 1. The van der Waals surface area contributed by atoms with E-state index in [2.05, 4.69) is 20.7 Å². The predicted octanol–water partition coefficient (Wildman–Crippen LogP) is 1.38. The van der Waals surface area contributed by atoms with E-state index < -0.39 is 32.1 Å². The van der Waals surface area contributed by atoms with Crippen molar-refractivity contribution in [3.63, 3.8) is 0 Å². The van der Waals surface area contributed by atoms with Crippen molar-refractivity contribution in [2.45, 2.75) is 18.7 Å². The van der Waals surface area contributed by atoms with Gasteiger partial charge in [-0.1, -0.05) is 15.9 Å². The van der Waals surface area contributed by atoms with Crippen molar-refractivity contribution in [2.75, 3.05) is 6.54 Å².